The number of rotatable bonds is 3. The maximum atomic E-state index is 13.2. The molecule has 1 aliphatic carbocycles. The molecule has 0 aromatic heterocycles. The van der Waals surface area contributed by atoms with Crippen LogP contribution >= 0.6 is 0 Å². The Hall–Kier alpha value is -0.613. The highest BCUT2D eigenvalue weighted by atomic mass is 32.2. The van der Waals surface area contributed by atoms with E-state index in [2.05, 4.69) is 19.6 Å². The van der Waals surface area contributed by atoms with Crippen LogP contribution in [0.2, 0.25) is 19.6 Å². The summed E-state index contributed by atoms with van der Waals surface area (Å²) in [5.74, 6) is 0. The first-order valence-electron chi connectivity index (χ1n) is 7.53. The van der Waals surface area contributed by atoms with E-state index in [1.165, 1.54) is 6.42 Å². The second-order valence-corrected chi connectivity index (χ2v) is 14.7. The molecule has 0 N–H and O–H groups in total. The van der Waals surface area contributed by atoms with Gasteiger partial charge in [-0.2, -0.15) is 0 Å². The van der Waals surface area contributed by atoms with Crippen molar-refractivity contribution < 1.29 is 8.42 Å². The summed E-state index contributed by atoms with van der Waals surface area (Å²) in [6, 6.07) is 7.67. The van der Waals surface area contributed by atoms with Crippen LogP contribution in [0.4, 0.5) is 0 Å². The van der Waals surface area contributed by atoms with Crippen LogP contribution in [0, 0.1) is 0 Å². The van der Waals surface area contributed by atoms with Gasteiger partial charge in [0.1, 0.15) is 0 Å². The smallest absolute Gasteiger partial charge is 0.183 e. The van der Waals surface area contributed by atoms with Crippen molar-refractivity contribution in [2.24, 2.45) is 0 Å². The fourth-order valence-electron chi connectivity index (χ4n) is 3.15. The molecule has 20 heavy (non-hydrogen) atoms. The Balaban J connectivity index is 2.55. The number of benzene rings is 1. The standard InChI is InChI=1S/C16H26O2SSi/c1-16(12-8-5-9-13-16)19(17,18)14-10-6-7-11-15(14)20(2,3)4/h6-7,10-11H,5,8-9,12-13H2,1-4H3. The fourth-order valence-corrected chi connectivity index (χ4v) is 7.87. The molecule has 1 aliphatic rings. The fraction of sp³-hybridized carbons (Fsp3) is 0.625. The van der Waals surface area contributed by atoms with E-state index in [4.69, 9.17) is 0 Å². The van der Waals surface area contributed by atoms with Crippen molar-refractivity contribution in [3.63, 3.8) is 0 Å². The topological polar surface area (TPSA) is 34.1 Å². The predicted octanol–water partition coefficient (Wildman–Crippen LogP) is 3.73. The summed E-state index contributed by atoms with van der Waals surface area (Å²) < 4.78 is 25.8. The summed E-state index contributed by atoms with van der Waals surface area (Å²) >= 11 is 0. The van der Waals surface area contributed by atoms with Crippen LogP contribution in [-0.4, -0.2) is 21.2 Å². The lowest BCUT2D eigenvalue weighted by atomic mass is 9.90. The number of sulfone groups is 1. The second-order valence-electron chi connectivity index (χ2n) is 7.26. The van der Waals surface area contributed by atoms with Gasteiger partial charge in [0.2, 0.25) is 0 Å². The van der Waals surface area contributed by atoms with Gasteiger partial charge in [-0.1, -0.05) is 57.1 Å². The van der Waals surface area contributed by atoms with Crippen molar-refractivity contribution in [2.75, 3.05) is 0 Å². The summed E-state index contributed by atoms with van der Waals surface area (Å²) in [6.07, 6.45) is 4.83. The molecule has 0 amide bonds. The molecular weight excluding hydrogens is 284 g/mol. The Kier molecular flexibility index (Phi) is 4.18. The van der Waals surface area contributed by atoms with E-state index < -0.39 is 22.7 Å². The minimum absolute atomic E-state index is 0.568. The van der Waals surface area contributed by atoms with Crippen molar-refractivity contribution in [1.29, 1.82) is 0 Å². The highest BCUT2D eigenvalue weighted by Gasteiger charge is 2.42. The molecule has 1 aromatic rings. The molecule has 0 saturated heterocycles. The van der Waals surface area contributed by atoms with Crippen molar-refractivity contribution in [1.82, 2.24) is 0 Å². The van der Waals surface area contributed by atoms with Gasteiger partial charge in [0.25, 0.3) is 0 Å². The summed E-state index contributed by atoms with van der Waals surface area (Å²) in [7, 11) is -4.90. The predicted molar refractivity (Wildman–Crippen MR) is 88.1 cm³/mol. The van der Waals surface area contributed by atoms with E-state index in [0.29, 0.717) is 4.90 Å². The minimum atomic E-state index is -3.24. The summed E-state index contributed by atoms with van der Waals surface area (Å²) in [5.41, 5.74) is 0. The highest BCUT2D eigenvalue weighted by Crippen LogP contribution is 2.38. The third-order valence-corrected chi connectivity index (χ3v) is 9.42. The van der Waals surface area contributed by atoms with Gasteiger partial charge in [0, 0.05) is 0 Å². The molecule has 4 heteroatoms. The first-order chi connectivity index (χ1) is 9.18. The molecule has 0 spiro atoms. The average Bonchev–Trinajstić information content (AvgIpc) is 2.38. The van der Waals surface area contributed by atoms with Gasteiger partial charge in [-0.15, -0.1) is 0 Å². The Labute approximate surface area is 124 Å². The zero-order chi connectivity index (χ0) is 15.0. The number of hydrogen-bond donors (Lipinski definition) is 0. The molecule has 0 bridgehead atoms. The van der Waals surface area contributed by atoms with Crippen molar-refractivity contribution in [3.8, 4) is 0 Å². The van der Waals surface area contributed by atoms with Crippen molar-refractivity contribution in [2.45, 2.75) is 68.3 Å². The lowest BCUT2D eigenvalue weighted by Gasteiger charge is -2.34. The molecule has 0 unspecified atom stereocenters. The van der Waals surface area contributed by atoms with Crippen molar-refractivity contribution >= 4 is 23.1 Å². The van der Waals surface area contributed by atoms with E-state index in [-0.39, 0.29) is 0 Å². The number of hydrogen-bond acceptors (Lipinski definition) is 2. The van der Waals surface area contributed by atoms with E-state index in [1.54, 1.807) is 0 Å². The van der Waals surface area contributed by atoms with Gasteiger partial charge in [0.05, 0.1) is 17.7 Å². The molecule has 1 fully saturated rings. The molecule has 2 rings (SSSR count). The van der Waals surface area contributed by atoms with Crippen LogP contribution < -0.4 is 5.19 Å². The maximum absolute atomic E-state index is 13.2. The average molecular weight is 311 g/mol. The SMILES string of the molecule is CC1(S(=O)(=O)c2ccccc2[Si](C)(C)C)CCCCC1. The summed E-state index contributed by atoms with van der Waals surface area (Å²) in [4.78, 5) is 0.601. The van der Waals surface area contributed by atoms with E-state index >= 15 is 0 Å². The summed E-state index contributed by atoms with van der Waals surface area (Å²) in [5, 5.41) is 1.08. The summed E-state index contributed by atoms with van der Waals surface area (Å²) in [6.45, 7) is 8.59. The third-order valence-electron chi connectivity index (χ3n) is 4.54. The lowest BCUT2D eigenvalue weighted by Crippen LogP contribution is -2.45. The Morgan fingerprint density at radius 3 is 2.10 bits per heavy atom. The molecule has 1 saturated carbocycles. The zero-order valence-electron chi connectivity index (χ0n) is 13.1. The van der Waals surface area contributed by atoms with E-state index in [9.17, 15) is 8.42 Å². The zero-order valence-corrected chi connectivity index (χ0v) is 14.9. The van der Waals surface area contributed by atoms with Gasteiger partial charge in [-0.25, -0.2) is 8.42 Å². The van der Waals surface area contributed by atoms with Crippen LogP contribution in [-0.2, 0) is 9.84 Å². The van der Waals surface area contributed by atoms with E-state index in [1.807, 2.05) is 31.2 Å². The normalized spacial score (nSPS) is 19.8. The molecular formula is C16H26O2SSi. The van der Waals surface area contributed by atoms with Crippen LogP contribution in [0.3, 0.4) is 0 Å². The van der Waals surface area contributed by atoms with Gasteiger partial charge in [-0.05, 0) is 31.0 Å². The largest absolute Gasteiger partial charge is 0.223 e. The third kappa shape index (κ3) is 2.73. The first kappa shape index (κ1) is 15.8. The molecule has 0 aliphatic heterocycles. The lowest BCUT2D eigenvalue weighted by molar-refractivity contribution is 0.395. The molecule has 112 valence electrons. The van der Waals surface area contributed by atoms with Crippen LogP contribution in [0.1, 0.15) is 39.0 Å². The maximum Gasteiger partial charge on any atom is 0.183 e. The molecule has 1 aromatic carbocycles. The van der Waals surface area contributed by atoms with Gasteiger partial charge >= 0.3 is 0 Å². The van der Waals surface area contributed by atoms with Gasteiger partial charge in [0.15, 0.2) is 9.84 Å². The Bertz CT molecular complexity index is 579. The van der Waals surface area contributed by atoms with Gasteiger partial charge < -0.3 is 0 Å². The second kappa shape index (κ2) is 5.30. The van der Waals surface area contributed by atoms with Crippen molar-refractivity contribution in [3.05, 3.63) is 24.3 Å². The molecule has 0 atom stereocenters. The van der Waals surface area contributed by atoms with E-state index in [0.717, 1.165) is 30.9 Å². The monoisotopic (exact) mass is 310 g/mol. The first-order valence-corrected chi connectivity index (χ1v) is 12.5. The van der Waals surface area contributed by atoms with Crippen LogP contribution in [0.15, 0.2) is 29.2 Å². The highest BCUT2D eigenvalue weighted by molar-refractivity contribution is 7.93. The Morgan fingerprint density at radius 1 is 1.00 bits per heavy atom. The molecule has 0 heterocycles. The Morgan fingerprint density at radius 2 is 1.55 bits per heavy atom. The minimum Gasteiger partial charge on any atom is -0.223 e. The quantitative estimate of drug-likeness (QED) is 0.797. The molecule has 0 radical (unpaired) electrons. The van der Waals surface area contributed by atoms with Crippen LogP contribution in [0.5, 0.6) is 0 Å². The molecule has 2 nitrogen and oxygen atoms in total. The van der Waals surface area contributed by atoms with Crippen LogP contribution in [0.25, 0.3) is 0 Å². The van der Waals surface area contributed by atoms with Gasteiger partial charge in [-0.3, -0.25) is 0 Å².